The van der Waals surface area contributed by atoms with Gasteiger partial charge in [0, 0.05) is 29.1 Å². The van der Waals surface area contributed by atoms with E-state index >= 15 is 0 Å². The molecule has 1 heterocycles. The van der Waals surface area contributed by atoms with Gasteiger partial charge in [0.2, 0.25) is 11.8 Å². The summed E-state index contributed by atoms with van der Waals surface area (Å²) in [4.78, 5) is 27.0. The van der Waals surface area contributed by atoms with Crippen molar-refractivity contribution in [1.29, 1.82) is 0 Å². The monoisotopic (exact) mass is 357 g/mol. The second-order valence-electron chi connectivity index (χ2n) is 5.96. The average Bonchev–Trinajstić information content (AvgIpc) is 3.01. The summed E-state index contributed by atoms with van der Waals surface area (Å²) in [5, 5.41) is 3.37. The molecule has 0 fully saturated rings. The van der Waals surface area contributed by atoms with Crippen molar-refractivity contribution in [1.82, 2.24) is 10.3 Å². The van der Waals surface area contributed by atoms with E-state index in [0.29, 0.717) is 0 Å². The highest BCUT2D eigenvalue weighted by atomic mass is 19.1. The average molecular weight is 357 g/mol. The van der Waals surface area contributed by atoms with Gasteiger partial charge in [-0.25, -0.2) is 8.78 Å². The number of aromatic nitrogens is 1. The van der Waals surface area contributed by atoms with Crippen LogP contribution in [0, 0.1) is 11.6 Å². The number of nitrogens with one attached hydrogen (secondary N) is 2. The minimum absolute atomic E-state index is 0.171. The Bertz CT molecular complexity index is 948. The summed E-state index contributed by atoms with van der Waals surface area (Å²) in [6.45, 7) is 0. The fourth-order valence-electron chi connectivity index (χ4n) is 2.85. The molecule has 5 nitrogen and oxygen atoms in total. The first kappa shape index (κ1) is 17.6. The summed E-state index contributed by atoms with van der Waals surface area (Å²) in [5.41, 5.74) is 6.74. The van der Waals surface area contributed by atoms with Crippen LogP contribution < -0.4 is 11.1 Å². The highest BCUT2D eigenvalue weighted by Crippen LogP contribution is 2.19. The number of rotatable bonds is 6. The molecule has 0 aliphatic carbocycles. The zero-order valence-corrected chi connectivity index (χ0v) is 13.8. The minimum atomic E-state index is -0.989. The zero-order chi connectivity index (χ0) is 18.7. The standard InChI is InChI=1S/C19H17F2N3O2/c20-14-5-3-6-15(21)13(14)9-18(25)24-17(19(22)26)8-11-10-23-16-7-2-1-4-12(11)16/h1-7,10,17,23H,8-9H2,(H2,22,26)(H,24,25)/t17-/m0/s1. The molecule has 2 amide bonds. The number of hydrogen-bond donors (Lipinski definition) is 3. The first-order chi connectivity index (χ1) is 12.5. The summed E-state index contributed by atoms with van der Waals surface area (Å²) in [6, 6.07) is 9.88. The molecule has 2 aromatic carbocycles. The van der Waals surface area contributed by atoms with Crippen LogP contribution in [0.1, 0.15) is 11.1 Å². The summed E-state index contributed by atoms with van der Waals surface area (Å²) in [5.74, 6) is -3.03. The van der Waals surface area contributed by atoms with Crippen molar-refractivity contribution in [2.75, 3.05) is 0 Å². The van der Waals surface area contributed by atoms with Crippen LogP contribution >= 0.6 is 0 Å². The summed E-state index contributed by atoms with van der Waals surface area (Å²) >= 11 is 0. The van der Waals surface area contributed by atoms with Crippen LogP contribution in [-0.2, 0) is 22.4 Å². The van der Waals surface area contributed by atoms with Crippen molar-refractivity contribution in [3.8, 4) is 0 Å². The number of fused-ring (bicyclic) bond motifs is 1. The van der Waals surface area contributed by atoms with Crippen molar-refractivity contribution in [2.45, 2.75) is 18.9 Å². The molecule has 0 radical (unpaired) electrons. The molecule has 0 spiro atoms. The van der Waals surface area contributed by atoms with Gasteiger partial charge < -0.3 is 16.0 Å². The maximum absolute atomic E-state index is 13.7. The number of nitrogens with two attached hydrogens (primary N) is 1. The van der Waals surface area contributed by atoms with Crippen LogP contribution in [0.15, 0.2) is 48.7 Å². The van der Waals surface area contributed by atoms with Gasteiger partial charge in [0.05, 0.1) is 6.42 Å². The van der Waals surface area contributed by atoms with E-state index in [4.69, 9.17) is 5.73 Å². The van der Waals surface area contributed by atoms with E-state index in [9.17, 15) is 18.4 Å². The zero-order valence-electron chi connectivity index (χ0n) is 13.8. The Morgan fingerprint density at radius 1 is 1.08 bits per heavy atom. The molecule has 0 saturated heterocycles. The number of hydrogen-bond acceptors (Lipinski definition) is 2. The second kappa shape index (κ2) is 7.35. The molecule has 134 valence electrons. The van der Waals surface area contributed by atoms with Gasteiger partial charge in [-0.15, -0.1) is 0 Å². The van der Waals surface area contributed by atoms with Gasteiger partial charge >= 0.3 is 0 Å². The number of para-hydroxylation sites is 1. The van der Waals surface area contributed by atoms with Crippen LogP contribution in [0.5, 0.6) is 0 Å². The van der Waals surface area contributed by atoms with Gasteiger partial charge in [0.1, 0.15) is 17.7 Å². The Hall–Kier alpha value is -3.22. The van der Waals surface area contributed by atoms with Gasteiger partial charge in [-0.2, -0.15) is 0 Å². The Morgan fingerprint density at radius 3 is 2.46 bits per heavy atom. The minimum Gasteiger partial charge on any atom is -0.368 e. The Kier molecular flexibility index (Phi) is 4.97. The number of carbonyl (C=O) groups excluding carboxylic acids is 2. The van der Waals surface area contributed by atoms with Gasteiger partial charge in [-0.05, 0) is 23.8 Å². The van der Waals surface area contributed by atoms with Crippen molar-refractivity contribution in [3.05, 3.63) is 71.4 Å². The van der Waals surface area contributed by atoms with Gasteiger partial charge in [0.15, 0.2) is 0 Å². The molecular weight excluding hydrogens is 340 g/mol. The SMILES string of the molecule is NC(=O)[C@H](Cc1c[nH]c2ccccc12)NC(=O)Cc1c(F)cccc1F. The normalized spacial score (nSPS) is 12.1. The predicted molar refractivity (Wildman–Crippen MR) is 93.2 cm³/mol. The number of amides is 2. The van der Waals surface area contributed by atoms with Gasteiger partial charge in [-0.1, -0.05) is 24.3 Å². The quantitative estimate of drug-likeness (QED) is 0.631. The number of aromatic amines is 1. The van der Waals surface area contributed by atoms with E-state index in [0.717, 1.165) is 28.6 Å². The Morgan fingerprint density at radius 2 is 1.77 bits per heavy atom. The lowest BCUT2D eigenvalue weighted by molar-refractivity contribution is -0.127. The lowest BCUT2D eigenvalue weighted by atomic mass is 10.0. The van der Waals surface area contributed by atoms with Crippen molar-refractivity contribution < 1.29 is 18.4 Å². The van der Waals surface area contributed by atoms with E-state index in [1.807, 2.05) is 24.3 Å². The third-order valence-corrected chi connectivity index (χ3v) is 4.18. The highest BCUT2D eigenvalue weighted by molar-refractivity contribution is 5.89. The number of benzene rings is 2. The van der Waals surface area contributed by atoms with E-state index in [2.05, 4.69) is 10.3 Å². The predicted octanol–water partition coefficient (Wildman–Crippen LogP) is 2.20. The lowest BCUT2D eigenvalue weighted by Crippen LogP contribution is -2.46. The summed E-state index contributed by atoms with van der Waals surface area (Å²) in [6.07, 6.45) is 1.39. The molecule has 0 bridgehead atoms. The molecule has 0 saturated carbocycles. The Labute approximate surface area is 148 Å². The van der Waals surface area contributed by atoms with Gasteiger partial charge in [0.25, 0.3) is 0 Å². The second-order valence-corrected chi connectivity index (χ2v) is 5.96. The molecule has 7 heteroatoms. The smallest absolute Gasteiger partial charge is 0.240 e. The molecule has 3 aromatic rings. The Balaban J connectivity index is 1.74. The van der Waals surface area contributed by atoms with Crippen molar-refractivity contribution in [2.24, 2.45) is 5.73 Å². The fourth-order valence-corrected chi connectivity index (χ4v) is 2.85. The van der Waals surface area contributed by atoms with E-state index < -0.39 is 35.9 Å². The topological polar surface area (TPSA) is 88.0 Å². The first-order valence-electron chi connectivity index (χ1n) is 8.02. The van der Waals surface area contributed by atoms with Crippen LogP contribution in [0.2, 0.25) is 0 Å². The molecular formula is C19H17F2N3O2. The fraction of sp³-hybridized carbons (Fsp3) is 0.158. The van der Waals surface area contributed by atoms with E-state index in [1.54, 1.807) is 6.20 Å². The largest absolute Gasteiger partial charge is 0.368 e. The third kappa shape index (κ3) is 3.72. The summed E-state index contributed by atoms with van der Waals surface area (Å²) < 4.78 is 27.3. The number of halogens is 2. The molecule has 0 aliphatic rings. The molecule has 0 unspecified atom stereocenters. The summed E-state index contributed by atoms with van der Waals surface area (Å²) in [7, 11) is 0. The first-order valence-corrected chi connectivity index (χ1v) is 8.02. The molecule has 1 atom stereocenters. The van der Waals surface area contributed by atoms with E-state index in [1.165, 1.54) is 6.07 Å². The molecule has 4 N–H and O–H groups in total. The van der Waals surface area contributed by atoms with Crippen molar-refractivity contribution in [3.63, 3.8) is 0 Å². The number of carbonyl (C=O) groups is 2. The highest BCUT2D eigenvalue weighted by Gasteiger charge is 2.22. The molecule has 0 aliphatic heterocycles. The van der Waals surface area contributed by atoms with Crippen LogP contribution in [0.4, 0.5) is 8.78 Å². The van der Waals surface area contributed by atoms with Gasteiger partial charge in [-0.3, -0.25) is 9.59 Å². The third-order valence-electron chi connectivity index (χ3n) is 4.18. The maximum atomic E-state index is 13.7. The number of primary amides is 1. The molecule has 26 heavy (non-hydrogen) atoms. The van der Waals surface area contributed by atoms with Crippen LogP contribution in [-0.4, -0.2) is 22.8 Å². The molecule has 3 rings (SSSR count). The lowest BCUT2D eigenvalue weighted by Gasteiger charge is -2.15. The maximum Gasteiger partial charge on any atom is 0.240 e. The van der Waals surface area contributed by atoms with Crippen molar-refractivity contribution >= 4 is 22.7 Å². The van der Waals surface area contributed by atoms with Crippen LogP contribution in [0.25, 0.3) is 10.9 Å². The molecule has 1 aromatic heterocycles. The van der Waals surface area contributed by atoms with Crippen LogP contribution in [0.3, 0.4) is 0 Å². The van der Waals surface area contributed by atoms with E-state index in [-0.39, 0.29) is 12.0 Å². The number of H-pyrrole nitrogens is 1.